The maximum atomic E-state index is 12.2. The number of hydrogen-bond donors (Lipinski definition) is 1. The topological polar surface area (TPSA) is 86.5 Å². The number of aromatic nitrogens is 2. The molecular weight excluding hydrogens is 390 g/mol. The molecule has 1 aromatic heterocycles. The lowest BCUT2D eigenvalue weighted by molar-refractivity contribution is -0.113. The summed E-state index contributed by atoms with van der Waals surface area (Å²) in [5.41, 5.74) is 1.24. The molecular formula is C18H16ClN3O4S. The highest BCUT2D eigenvalue weighted by atomic mass is 35.5. The summed E-state index contributed by atoms with van der Waals surface area (Å²) in [5, 5.41) is 11.5. The fraction of sp³-hybridized carbons (Fsp3) is 0.167. The minimum Gasteiger partial charge on any atom is -0.497 e. The van der Waals surface area contributed by atoms with Crippen molar-refractivity contribution in [2.75, 3.05) is 25.3 Å². The molecule has 9 heteroatoms. The van der Waals surface area contributed by atoms with E-state index in [0.717, 1.165) is 17.3 Å². The average Bonchev–Trinajstić information content (AvgIpc) is 3.16. The Morgan fingerprint density at radius 3 is 2.81 bits per heavy atom. The van der Waals surface area contributed by atoms with Crippen molar-refractivity contribution in [1.29, 1.82) is 0 Å². The summed E-state index contributed by atoms with van der Waals surface area (Å²) in [6.07, 6.45) is 0. The number of rotatable bonds is 7. The Morgan fingerprint density at radius 2 is 2.04 bits per heavy atom. The molecule has 3 rings (SSSR count). The van der Waals surface area contributed by atoms with Gasteiger partial charge in [0, 0.05) is 10.6 Å². The molecule has 1 heterocycles. The van der Waals surface area contributed by atoms with Crippen LogP contribution in [0.25, 0.3) is 11.5 Å². The van der Waals surface area contributed by atoms with Crippen molar-refractivity contribution in [2.24, 2.45) is 0 Å². The molecule has 0 radical (unpaired) electrons. The number of hydrogen-bond acceptors (Lipinski definition) is 7. The summed E-state index contributed by atoms with van der Waals surface area (Å²) in [6.45, 7) is 0. The summed E-state index contributed by atoms with van der Waals surface area (Å²) in [5.74, 6) is 1.41. The molecule has 0 unspecified atom stereocenters. The monoisotopic (exact) mass is 405 g/mol. The molecule has 0 aliphatic carbocycles. The number of thioether (sulfide) groups is 1. The van der Waals surface area contributed by atoms with Crippen molar-refractivity contribution < 1.29 is 18.7 Å². The van der Waals surface area contributed by atoms with Crippen molar-refractivity contribution in [3.05, 3.63) is 47.5 Å². The third kappa shape index (κ3) is 4.93. The second-order valence-electron chi connectivity index (χ2n) is 5.29. The van der Waals surface area contributed by atoms with E-state index in [4.69, 9.17) is 25.5 Å². The van der Waals surface area contributed by atoms with Gasteiger partial charge in [-0.05, 0) is 36.4 Å². The van der Waals surface area contributed by atoms with Crippen LogP contribution in [0.2, 0.25) is 5.02 Å². The third-order valence-electron chi connectivity index (χ3n) is 3.49. The van der Waals surface area contributed by atoms with Crippen molar-refractivity contribution in [1.82, 2.24) is 10.2 Å². The van der Waals surface area contributed by atoms with E-state index in [1.54, 1.807) is 31.4 Å². The first-order valence-electron chi connectivity index (χ1n) is 7.83. The van der Waals surface area contributed by atoms with E-state index in [9.17, 15) is 4.79 Å². The Kier molecular flexibility index (Phi) is 6.20. The molecule has 0 aliphatic heterocycles. The fourth-order valence-electron chi connectivity index (χ4n) is 2.23. The molecule has 1 amide bonds. The van der Waals surface area contributed by atoms with Crippen LogP contribution in [0.15, 0.2) is 52.1 Å². The van der Waals surface area contributed by atoms with Gasteiger partial charge in [0.2, 0.25) is 11.8 Å². The standard InChI is InChI=1S/C18H16ClN3O4S/c1-24-13-5-3-4-11(8-13)17-21-22-18(26-17)27-10-16(23)20-14-9-12(19)6-7-15(14)25-2/h3-9H,10H2,1-2H3,(H,20,23). The number of amides is 1. The van der Waals surface area contributed by atoms with E-state index in [1.165, 1.54) is 7.11 Å². The van der Waals surface area contributed by atoms with Gasteiger partial charge in [-0.25, -0.2) is 0 Å². The molecule has 2 aromatic carbocycles. The molecule has 1 N–H and O–H groups in total. The van der Waals surface area contributed by atoms with Crippen molar-refractivity contribution in [3.8, 4) is 23.0 Å². The number of carbonyl (C=O) groups excluding carboxylic acids is 1. The minimum atomic E-state index is -0.248. The van der Waals surface area contributed by atoms with Crippen LogP contribution in [-0.4, -0.2) is 36.1 Å². The molecule has 7 nitrogen and oxygen atoms in total. The number of anilines is 1. The lowest BCUT2D eigenvalue weighted by atomic mass is 10.2. The van der Waals surface area contributed by atoms with Gasteiger partial charge in [0.05, 0.1) is 25.7 Å². The summed E-state index contributed by atoms with van der Waals surface area (Å²) in [7, 11) is 3.11. The van der Waals surface area contributed by atoms with Crippen molar-refractivity contribution in [3.63, 3.8) is 0 Å². The lowest BCUT2D eigenvalue weighted by Crippen LogP contribution is -2.14. The maximum absolute atomic E-state index is 12.2. The van der Waals surface area contributed by atoms with E-state index in [1.807, 2.05) is 18.2 Å². The van der Waals surface area contributed by atoms with Gasteiger partial charge in [-0.2, -0.15) is 0 Å². The zero-order chi connectivity index (χ0) is 19.2. The van der Waals surface area contributed by atoms with Gasteiger partial charge < -0.3 is 19.2 Å². The van der Waals surface area contributed by atoms with Crippen LogP contribution >= 0.6 is 23.4 Å². The summed E-state index contributed by atoms with van der Waals surface area (Å²) < 4.78 is 16.0. The Morgan fingerprint density at radius 1 is 1.19 bits per heavy atom. The minimum absolute atomic E-state index is 0.0927. The lowest BCUT2D eigenvalue weighted by Gasteiger charge is -2.09. The van der Waals surface area contributed by atoms with E-state index < -0.39 is 0 Å². The second-order valence-corrected chi connectivity index (χ2v) is 6.65. The molecule has 0 bridgehead atoms. The van der Waals surface area contributed by atoms with Gasteiger partial charge in [0.1, 0.15) is 11.5 Å². The number of nitrogens with one attached hydrogen (secondary N) is 1. The normalized spacial score (nSPS) is 10.5. The SMILES string of the molecule is COc1cccc(-c2nnc(SCC(=O)Nc3cc(Cl)ccc3OC)o2)c1. The van der Waals surface area contributed by atoms with Crippen LogP contribution in [-0.2, 0) is 4.79 Å². The number of carbonyl (C=O) groups is 1. The number of methoxy groups -OCH3 is 2. The predicted molar refractivity (Wildman–Crippen MR) is 104 cm³/mol. The Bertz CT molecular complexity index is 948. The summed E-state index contributed by atoms with van der Waals surface area (Å²) in [4.78, 5) is 12.2. The zero-order valence-electron chi connectivity index (χ0n) is 14.6. The first kappa shape index (κ1) is 19.1. The van der Waals surface area contributed by atoms with Gasteiger partial charge in [0.15, 0.2) is 0 Å². The number of benzene rings is 2. The summed E-state index contributed by atoms with van der Waals surface area (Å²) >= 11 is 7.09. The van der Waals surface area contributed by atoms with Crippen LogP contribution in [0.5, 0.6) is 11.5 Å². The van der Waals surface area contributed by atoms with Gasteiger partial charge in [0.25, 0.3) is 5.22 Å². The highest BCUT2D eigenvalue weighted by molar-refractivity contribution is 7.99. The van der Waals surface area contributed by atoms with E-state index in [0.29, 0.717) is 33.3 Å². The highest BCUT2D eigenvalue weighted by Gasteiger charge is 2.13. The Balaban J connectivity index is 1.61. The largest absolute Gasteiger partial charge is 0.497 e. The number of halogens is 1. The van der Waals surface area contributed by atoms with Crippen molar-refractivity contribution >= 4 is 35.0 Å². The van der Waals surface area contributed by atoms with Gasteiger partial charge >= 0.3 is 0 Å². The molecule has 0 spiro atoms. The van der Waals surface area contributed by atoms with Crippen LogP contribution < -0.4 is 14.8 Å². The first-order chi connectivity index (χ1) is 13.1. The quantitative estimate of drug-likeness (QED) is 0.591. The maximum Gasteiger partial charge on any atom is 0.277 e. The smallest absolute Gasteiger partial charge is 0.277 e. The first-order valence-corrected chi connectivity index (χ1v) is 9.19. The molecule has 0 saturated heterocycles. The van der Waals surface area contributed by atoms with Crippen LogP contribution in [0.3, 0.4) is 0 Å². The molecule has 140 valence electrons. The molecule has 0 fully saturated rings. The van der Waals surface area contributed by atoms with Crippen LogP contribution in [0.4, 0.5) is 5.69 Å². The van der Waals surface area contributed by atoms with E-state index >= 15 is 0 Å². The van der Waals surface area contributed by atoms with Crippen LogP contribution in [0.1, 0.15) is 0 Å². The van der Waals surface area contributed by atoms with E-state index in [2.05, 4.69) is 15.5 Å². The molecule has 27 heavy (non-hydrogen) atoms. The zero-order valence-corrected chi connectivity index (χ0v) is 16.1. The Labute approximate surface area is 165 Å². The predicted octanol–water partition coefficient (Wildman–Crippen LogP) is 4.14. The third-order valence-corrected chi connectivity index (χ3v) is 4.54. The molecule has 3 aromatic rings. The van der Waals surface area contributed by atoms with Gasteiger partial charge in [-0.1, -0.05) is 29.4 Å². The van der Waals surface area contributed by atoms with Gasteiger partial charge in [-0.15, -0.1) is 10.2 Å². The van der Waals surface area contributed by atoms with Crippen LogP contribution in [0, 0.1) is 0 Å². The van der Waals surface area contributed by atoms with E-state index in [-0.39, 0.29) is 11.7 Å². The molecule has 0 saturated carbocycles. The van der Waals surface area contributed by atoms with Gasteiger partial charge in [-0.3, -0.25) is 4.79 Å². The highest BCUT2D eigenvalue weighted by Crippen LogP contribution is 2.29. The second kappa shape index (κ2) is 8.79. The fourth-order valence-corrected chi connectivity index (χ4v) is 2.97. The Hall–Kier alpha value is -2.71. The molecule has 0 aliphatic rings. The molecule has 0 atom stereocenters. The number of ether oxygens (including phenoxy) is 2. The number of nitrogens with zero attached hydrogens (tertiary/aromatic N) is 2. The van der Waals surface area contributed by atoms with Crippen molar-refractivity contribution in [2.45, 2.75) is 5.22 Å². The average molecular weight is 406 g/mol. The summed E-state index contributed by atoms with van der Waals surface area (Å²) in [6, 6.07) is 12.3.